The van der Waals surface area contributed by atoms with Gasteiger partial charge in [-0.15, -0.1) is 0 Å². The van der Waals surface area contributed by atoms with Crippen molar-refractivity contribution in [2.75, 3.05) is 5.32 Å². The Hall–Kier alpha value is -3.14. The Labute approximate surface area is 165 Å². The van der Waals surface area contributed by atoms with Gasteiger partial charge in [0.1, 0.15) is 0 Å². The first-order valence-corrected chi connectivity index (χ1v) is 9.47. The van der Waals surface area contributed by atoms with Crippen molar-refractivity contribution in [1.82, 2.24) is 0 Å². The number of amides is 1. The molecule has 0 aliphatic heterocycles. The number of anilines is 1. The molecule has 3 rings (SSSR count). The quantitative estimate of drug-likeness (QED) is 0.603. The fraction of sp³-hybridized carbons (Fsp3) is 0.250. The second-order valence-electron chi connectivity index (χ2n) is 7.26. The van der Waals surface area contributed by atoms with Crippen LogP contribution in [0.25, 0.3) is 10.8 Å². The van der Waals surface area contributed by atoms with Gasteiger partial charge in [-0.05, 0) is 47.7 Å². The zero-order valence-corrected chi connectivity index (χ0v) is 16.7. The van der Waals surface area contributed by atoms with Crippen molar-refractivity contribution in [3.05, 3.63) is 77.4 Å². The molecular formula is C24H25NO3. The predicted molar refractivity (Wildman–Crippen MR) is 113 cm³/mol. The summed E-state index contributed by atoms with van der Waals surface area (Å²) in [7, 11) is 0. The fourth-order valence-corrected chi connectivity index (χ4v) is 3.25. The third kappa shape index (κ3) is 4.06. The van der Waals surface area contributed by atoms with E-state index in [1.54, 1.807) is 13.0 Å². The number of carbonyl (C=O) groups is 2. The number of rotatable bonds is 5. The van der Waals surface area contributed by atoms with Gasteiger partial charge in [0, 0.05) is 5.69 Å². The summed E-state index contributed by atoms with van der Waals surface area (Å²) >= 11 is 0. The average Bonchev–Trinajstić information content (AvgIpc) is 2.68. The molecule has 0 unspecified atom stereocenters. The van der Waals surface area contributed by atoms with E-state index in [9.17, 15) is 9.59 Å². The van der Waals surface area contributed by atoms with Crippen molar-refractivity contribution in [2.45, 2.75) is 39.7 Å². The molecule has 0 bridgehead atoms. The molecule has 0 radical (unpaired) electrons. The molecular weight excluding hydrogens is 350 g/mol. The lowest BCUT2D eigenvalue weighted by atomic mass is 9.98. The first kappa shape index (κ1) is 19.6. The number of fused-ring (bicyclic) bond motifs is 1. The summed E-state index contributed by atoms with van der Waals surface area (Å²) in [6.45, 7) is 7.70. The molecule has 4 heteroatoms. The number of ether oxygens (including phenoxy) is 1. The van der Waals surface area contributed by atoms with Crippen molar-refractivity contribution < 1.29 is 14.3 Å². The molecule has 1 atom stereocenters. The number of esters is 1. The van der Waals surface area contributed by atoms with Gasteiger partial charge in [-0.2, -0.15) is 0 Å². The summed E-state index contributed by atoms with van der Waals surface area (Å²) in [5, 5.41) is 4.70. The van der Waals surface area contributed by atoms with Crippen LogP contribution in [0.2, 0.25) is 0 Å². The van der Waals surface area contributed by atoms with Crippen LogP contribution in [0, 0.1) is 6.92 Å². The number of aryl methyl sites for hydroxylation is 1. The third-order valence-electron chi connectivity index (χ3n) is 4.84. The van der Waals surface area contributed by atoms with Gasteiger partial charge in [0.15, 0.2) is 6.10 Å². The zero-order chi connectivity index (χ0) is 20.3. The van der Waals surface area contributed by atoms with Crippen molar-refractivity contribution >= 4 is 28.3 Å². The predicted octanol–water partition coefficient (Wildman–Crippen LogP) is 5.46. The van der Waals surface area contributed by atoms with E-state index in [0.717, 1.165) is 27.6 Å². The van der Waals surface area contributed by atoms with E-state index >= 15 is 0 Å². The second-order valence-corrected chi connectivity index (χ2v) is 7.26. The van der Waals surface area contributed by atoms with Crippen molar-refractivity contribution in [3.63, 3.8) is 0 Å². The number of carbonyl (C=O) groups excluding carboxylic acids is 2. The number of hydrogen-bond donors (Lipinski definition) is 1. The highest BCUT2D eigenvalue weighted by molar-refractivity contribution is 6.05. The van der Waals surface area contributed by atoms with Crippen LogP contribution >= 0.6 is 0 Å². The van der Waals surface area contributed by atoms with E-state index in [0.29, 0.717) is 5.56 Å². The minimum atomic E-state index is -0.911. The SMILES string of the molecule is Cc1cccc(C(C)C)c1NC(=O)[C@H](C)OC(=O)c1cccc2ccccc12. The highest BCUT2D eigenvalue weighted by Gasteiger charge is 2.22. The van der Waals surface area contributed by atoms with E-state index in [-0.39, 0.29) is 11.8 Å². The van der Waals surface area contributed by atoms with Crippen molar-refractivity contribution in [1.29, 1.82) is 0 Å². The minimum Gasteiger partial charge on any atom is -0.449 e. The van der Waals surface area contributed by atoms with Gasteiger partial charge in [-0.25, -0.2) is 4.79 Å². The normalized spacial score (nSPS) is 12.0. The Bertz CT molecular complexity index is 1020. The van der Waals surface area contributed by atoms with E-state index in [2.05, 4.69) is 19.2 Å². The molecule has 3 aromatic rings. The summed E-state index contributed by atoms with van der Waals surface area (Å²) in [5.74, 6) is -0.582. The Morgan fingerprint density at radius 3 is 2.32 bits per heavy atom. The Balaban J connectivity index is 1.77. The molecule has 28 heavy (non-hydrogen) atoms. The summed E-state index contributed by atoms with van der Waals surface area (Å²) in [5.41, 5.74) is 3.28. The summed E-state index contributed by atoms with van der Waals surface area (Å²) in [6, 6.07) is 19.0. The fourth-order valence-electron chi connectivity index (χ4n) is 3.25. The summed E-state index contributed by atoms with van der Waals surface area (Å²) < 4.78 is 5.47. The van der Waals surface area contributed by atoms with Gasteiger partial charge in [0.25, 0.3) is 5.91 Å². The van der Waals surface area contributed by atoms with Crippen LogP contribution in [0.1, 0.15) is 48.2 Å². The molecule has 4 nitrogen and oxygen atoms in total. The van der Waals surface area contributed by atoms with Crippen molar-refractivity contribution in [3.8, 4) is 0 Å². The lowest BCUT2D eigenvalue weighted by molar-refractivity contribution is -0.123. The van der Waals surface area contributed by atoms with E-state index in [1.807, 2.05) is 61.5 Å². The first-order valence-electron chi connectivity index (χ1n) is 9.47. The third-order valence-corrected chi connectivity index (χ3v) is 4.84. The van der Waals surface area contributed by atoms with Gasteiger partial charge in [-0.3, -0.25) is 4.79 Å². The Morgan fingerprint density at radius 1 is 0.893 bits per heavy atom. The number of nitrogens with one attached hydrogen (secondary N) is 1. The van der Waals surface area contributed by atoms with Crippen LogP contribution < -0.4 is 5.32 Å². The maximum atomic E-state index is 12.7. The molecule has 0 aromatic heterocycles. The molecule has 3 aromatic carbocycles. The lowest BCUT2D eigenvalue weighted by Gasteiger charge is -2.19. The maximum Gasteiger partial charge on any atom is 0.339 e. The van der Waals surface area contributed by atoms with Crippen LogP contribution in [0.4, 0.5) is 5.69 Å². The van der Waals surface area contributed by atoms with E-state index < -0.39 is 12.1 Å². The largest absolute Gasteiger partial charge is 0.449 e. The standard InChI is InChI=1S/C24H25NO3/c1-15(2)19-13-7-9-16(3)22(19)25-23(26)17(4)28-24(27)21-14-8-11-18-10-5-6-12-20(18)21/h5-15,17H,1-4H3,(H,25,26)/t17-/m0/s1. The van der Waals surface area contributed by atoms with Crippen LogP contribution in [0.3, 0.4) is 0 Å². The van der Waals surface area contributed by atoms with Gasteiger partial charge in [0.05, 0.1) is 5.56 Å². The summed E-state index contributed by atoms with van der Waals surface area (Å²) in [6.07, 6.45) is -0.911. The topological polar surface area (TPSA) is 55.4 Å². The van der Waals surface area contributed by atoms with Crippen molar-refractivity contribution in [2.24, 2.45) is 0 Å². The van der Waals surface area contributed by atoms with Crippen LogP contribution in [-0.4, -0.2) is 18.0 Å². The summed E-state index contributed by atoms with van der Waals surface area (Å²) in [4.78, 5) is 25.3. The smallest absolute Gasteiger partial charge is 0.339 e. The average molecular weight is 375 g/mol. The molecule has 0 aliphatic carbocycles. The van der Waals surface area contributed by atoms with Gasteiger partial charge < -0.3 is 10.1 Å². The molecule has 0 saturated carbocycles. The van der Waals surface area contributed by atoms with Gasteiger partial charge >= 0.3 is 5.97 Å². The van der Waals surface area contributed by atoms with E-state index in [4.69, 9.17) is 4.74 Å². The van der Waals surface area contributed by atoms with E-state index in [1.165, 1.54) is 0 Å². The molecule has 144 valence electrons. The lowest BCUT2D eigenvalue weighted by Crippen LogP contribution is -2.30. The molecule has 0 saturated heterocycles. The molecule has 0 fully saturated rings. The monoisotopic (exact) mass is 375 g/mol. The minimum absolute atomic E-state index is 0.267. The van der Waals surface area contributed by atoms with Crippen LogP contribution in [0.5, 0.6) is 0 Å². The number of para-hydroxylation sites is 1. The maximum absolute atomic E-state index is 12.7. The second kappa shape index (κ2) is 8.26. The zero-order valence-electron chi connectivity index (χ0n) is 16.7. The van der Waals surface area contributed by atoms with Gasteiger partial charge in [0.2, 0.25) is 0 Å². The Morgan fingerprint density at radius 2 is 1.57 bits per heavy atom. The van der Waals surface area contributed by atoms with Crippen LogP contribution in [0.15, 0.2) is 60.7 Å². The van der Waals surface area contributed by atoms with Gasteiger partial charge in [-0.1, -0.05) is 68.4 Å². The molecule has 0 spiro atoms. The molecule has 0 heterocycles. The van der Waals surface area contributed by atoms with Crippen LogP contribution in [-0.2, 0) is 9.53 Å². The highest BCUT2D eigenvalue weighted by atomic mass is 16.5. The Kier molecular flexibility index (Phi) is 5.78. The number of benzene rings is 3. The molecule has 1 N–H and O–H groups in total. The first-order chi connectivity index (χ1) is 13.4. The molecule has 1 amide bonds. The molecule has 0 aliphatic rings. The highest BCUT2D eigenvalue weighted by Crippen LogP contribution is 2.27. The number of hydrogen-bond acceptors (Lipinski definition) is 3.